The van der Waals surface area contributed by atoms with Gasteiger partial charge >= 0.3 is 0 Å². The molecule has 208 valence electrons. The van der Waals surface area contributed by atoms with Gasteiger partial charge in [-0.25, -0.2) is 0 Å². The fraction of sp³-hybridized carbons (Fsp3) is 0.158. The van der Waals surface area contributed by atoms with Gasteiger partial charge < -0.3 is 4.90 Å². The van der Waals surface area contributed by atoms with Gasteiger partial charge in [0.15, 0.2) is 0 Å². The molecule has 0 aliphatic carbocycles. The number of nitrogens with zero attached hydrogens (tertiary/aromatic N) is 2. The second kappa shape index (κ2) is 10.8. The third-order valence-electron chi connectivity index (χ3n) is 8.52. The van der Waals surface area contributed by atoms with Crippen molar-refractivity contribution >= 4 is 16.9 Å². The molecule has 0 saturated heterocycles. The topological polar surface area (TPSA) is 46.4 Å². The molecular weight excluding hydrogens is 516 g/mol. The van der Waals surface area contributed by atoms with Crippen LogP contribution in [0.15, 0.2) is 140 Å². The van der Waals surface area contributed by atoms with Gasteiger partial charge in [0.2, 0.25) is 0 Å². The summed E-state index contributed by atoms with van der Waals surface area (Å²) in [6, 6.07) is 46.1. The SMILES string of the molecule is CC1=CC(C)(C)N(Cc2ccc([N+](=O)[O-])cc2)c2ccc(C(c3ccccc3)(c3ccccc3)c3ccccc3)cc21. The Morgan fingerprint density at radius 3 is 1.67 bits per heavy atom. The summed E-state index contributed by atoms with van der Waals surface area (Å²) < 4.78 is 0. The fourth-order valence-electron chi connectivity index (χ4n) is 6.58. The van der Waals surface area contributed by atoms with Gasteiger partial charge in [-0.3, -0.25) is 10.1 Å². The average molecular weight is 551 g/mol. The largest absolute Gasteiger partial charge is 0.358 e. The van der Waals surface area contributed by atoms with Crippen LogP contribution in [-0.4, -0.2) is 10.5 Å². The van der Waals surface area contributed by atoms with E-state index in [0.29, 0.717) is 6.54 Å². The Labute approximate surface area is 247 Å². The lowest BCUT2D eigenvalue weighted by Crippen LogP contribution is -2.44. The Morgan fingerprint density at radius 2 is 1.19 bits per heavy atom. The van der Waals surface area contributed by atoms with Crippen LogP contribution in [0, 0.1) is 10.1 Å². The lowest BCUT2D eigenvalue weighted by atomic mass is 9.64. The maximum Gasteiger partial charge on any atom is 0.269 e. The first-order chi connectivity index (χ1) is 20.3. The van der Waals surface area contributed by atoms with E-state index in [-0.39, 0.29) is 16.1 Å². The predicted octanol–water partition coefficient (Wildman–Crippen LogP) is 9.18. The van der Waals surface area contributed by atoms with Crippen LogP contribution in [0.25, 0.3) is 5.57 Å². The molecular formula is C38H34N2O2. The molecule has 6 rings (SSSR count). The van der Waals surface area contributed by atoms with Gasteiger partial charge in [-0.2, -0.15) is 0 Å². The molecule has 0 unspecified atom stereocenters. The second-order valence-electron chi connectivity index (χ2n) is 11.6. The first-order valence-corrected chi connectivity index (χ1v) is 14.3. The molecule has 0 radical (unpaired) electrons. The van der Waals surface area contributed by atoms with Crippen LogP contribution >= 0.6 is 0 Å². The first-order valence-electron chi connectivity index (χ1n) is 14.3. The Bertz CT molecular complexity index is 1650. The van der Waals surface area contributed by atoms with Crippen LogP contribution in [0.2, 0.25) is 0 Å². The van der Waals surface area contributed by atoms with Crippen LogP contribution in [0.4, 0.5) is 11.4 Å². The third-order valence-corrected chi connectivity index (χ3v) is 8.52. The first kappa shape index (κ1) is 27.2. The highest BCUT2D eigenvalue weighted by atomic mass is 16.6. The minimum Gasteiger partial charge on any atom is -0.358 e. The van der Waals surface area contributed by atoms with E-state index in [9.17, 15) is 10.1 Å². The molecule has 5 aromatic rings. The number of anilines is 1. The minimum absolute atomic E-state index is 0.108. The van der Waals surface area contributed by atoms with Crippen molar-refractivity contribution in [3.05, 3.63) is 183 Å². The summed E-state index contributed by atoms with van der Waals surface area (Å²) in [5.41, 5.74) is 8.80. The number of allylic oxidation sites excluding steroid dienone is 1. The van der Waals surface area contributed by atoms with Crippen LogP contribution < -0.4 is 4.90 Å². The summed E-state index contributed by atoms with van der Waals surface area (Å²) in [5, 5.41) is 11.2. The summed E-state index contributed by atoms with van der Waals surface area (Å²) in [7, 11) is 0. The van der Waals surface area contributed by atoms with E-state index in [2.05, 4.69) is 141 Å². The molecule has 5 aromatic carbocycles. The molecule has 0 fully saturated rings. The summed E-state index contributed by atoms with van der Waals surface area (Å²) in [6.45, 7) is 7.28. The molecule has 0 bridgehead atoms. The normalized spacial score (nSPS) is 14.2. The standard InChI is InChI=1S/C38H34N2O2/c1-28-26-37(2,3)39(27-29-19-22-34(23-20-29)40(41)42)36-24-21-33(25-35(28)36)38(30-13-7-4-8-14-30,31-15-9-5-10-16-31)32-17-11-6-12-18-32/h4-26H,27H2,1-3H3. The van der Waals surface area contributed by atoms with Gasteiger partial charge in [0.1, 0.15) is 0 Å². The lowest BCUT2D eigenvalue weighted by molar-refractivity contribution is -0.384. The third kappa shape index (κ3) is 4.69. The number of nitro benzene ring substituents is 1. The van der Waals surface area contributed by atoms with Crippen molar-refractivity contribution in [2.75, 3.05) is 4.90 Å². The molecule has 0 amide bonds. The Kier molecular flexibility index (Phi) is 6.99. The summed E-state index contributed by atoms with van der Waals surface area (Å²) in [6.07, 6.45) is 2.33. The van der Waals surface area contributed by atoms with Crippen molar-refractivity contribution in [1.29, 1.82) is 0 Å². The summed E-state index contributed by atoms with van der Waals surface area (Å²) >= 11 is 0. The van der Waals surface area contributed by atoms with Crippen molar-refractivity contribution in [3.63, 3.8) is 0 Å². The number of nitro groups is 1. The zero-order valence-electron chi connectivity index (χ0n) is 24.2. The molecule has 0 spiro atoms. The van der Waals surface area contributed by atoms with Gasteiger partial charge in [0.05, 0.1) is 15.9 Å². The fourth-order valence-corrected chi connectivity index (χ4v) is 6.58. The number of non-ortho nitro benzene ring substituents is 1. The summed E-state index contributed by atoms with van der Waals surface area (Å²) in [4.78, 5) is 13.3. The van der Waals surface area contributed by atoms with Crippen LogP contribution in [0.5, 0.6) is 0 Å². The highest BCUT2D eigenvalue weighted by Crippen LogP contribution is 2.48. The molecule has 1 aliphatic heterocycles. The molecule has 0 aromatic heterocycles. The van der Waals surface area contributed by atoms with E-state index in [1.54, 1.807) is 12.1 Å². The molecule has 1 aliphatic rings. The number of rotatable bonds is 7. The van der Waals surface area contributed by atoms with Crippen molar-refractivity contribution in [3.8, 4) is 0 Å². The van der Waals surface area contributed by atoms with Crippen LogP contribution in [-0.2, 0) is 12.0 Å². The Hall–Kier alpha value is -4.96. The highest BCUT2D eigenvalue weighted by Gasteiger charge is 2.40. The van der Waals surface area contributed by atoms with Crippen molar-refractivity contribution in [2.45, 2.75) is 38.3 Å². The number of fused-ring (bicyclic) bond motifs is 1. The van der Waals surface area contributed by atoms with Gasteiger partial charge in [-0.1, -0.05) is 115 Å². The zero-order valence-corrected chi connectivity index (χ0v) is 24.2. The summed E-state index contributed by atoms with van der Waals surface area (Å²) in [5.74, 6) is 0. The van der Waals surface area contributed by atoms with E-state index in [1.807, 2.05) is 12.1 Å². The molecule has 0 saturated carbocycles. The van der Waals surface area contributed by atoms with E-state index < -0.39 is 5.41 Å². The Balaban J connectivity index is 1.55. The predicted molar refractivity (Wildman–Crippen MR) is 172 cm³/mol. The molecule has 4 nitrogen and oxygen atoms in total. The van der Waals surface area contributed by atoms with Gasteiger partial charge in [0, 0.05) is 29.9 Å². The zero-order chi connectivity index (χ0) is 29.3. The number of hydrogen-bond acceptors (Lipinski definition) is 3. The molecule has 1 heterocycles. The smallest absolute Gasteiger partial charge is 0.269 e. The van der Waals surface area contributed by atoms with Crippen molar-refractivity contribution in [1.82, 2.24) is 0 Å². The lowest BCUT2D eigenvalue weighted by Gasteiger charge is -2.44. The minimum atomic E-state index is -0.519. The monoisotopic (exact) mass is 550 g/mol. The van der Waals surface area contributed by atoms with Gasteiger partial charge in [0.25, 0.3) is 5.69 Å². The van der Waals surface area contributed by atoms with Crippen molar-refractivity contribution < 1.29 is 4.92 Å². The highest BCUT2D eigenvalue weighted by molar-refractivity contribution is 5.82. The number of hydrogen-bond donors (Lipinski definition) is 0. The Morgan fingerprint density at radius 1 is 0.690 bits per heavy atom. The molecule has 0 atom stereocenters. The van der Waals surface area contributed by atoms with Gasteiger partial charge in [-0.05, 0) is 66.3 Å². The molecule has 42 heavy (non-hydrogen) atoms. The maximum absolute atomic E-state index is 11.2. The van der Waals surface area contributed by atoms with E-state index in [4.69, 9.17) is 0 Å². The quantitative estimate of drug-likeness (QED) is 0.115. The maximum atomic E-state index is 11.2. The number of benzene rings is 5. The van der Waals surface area contributed by atoms with Crippen LogP contribution in [0.1, 0.15) is 54.2 Å². The molecule has 4 heteroatoms. The molecule has 0 N–H and O–H groups in total. The van der Waals surface area contributed by atoms with E-state index in [0.717, 1.165) is 11.3 Å². The van der Waals surface area contributed by atoms with Crippen LogP contribution in [0.3, 0.4) is 0 Å². The van der Waals surface area contributed by atoms with Gasteiger partial charge in [-0.15, -0.1) is 0 Å². The average Bonchev–Trinajstić information content (AvgIpc) is 3.01. The second-order valence-corrected chi connectivity index (χ2v) is 11.6. The van der Waals surface area contributed by atoms with Crippen molar-refractivity contribution in [2.24, 2.45) is 0 Å². The van der Waals surface area contributed by atoms with E-state index in [1.165, 1.54) is 33.4 Å². The van der Waals surface area contributed by atoms with E-state index >= 15 is 0 Å².